The van der Waals surface area contributed by atoms with Gasteiger partial charge >= 0.3 is 6.03 Å². The lowest BCUT2D eigenvalue weighted by molar-refractivity contribution is 0.231. The molecule has 0 saturated heterocycles. The first kappa shape index (κ1) is 19.1. The molecule has 2 N–H and O–H groups in total. The smallest absolute Gasteiger partial charge is 0.315 e. The quantitative estimate of drug-likeness (QED) is 0.689. The topological polar surface area (TPSA) is 59.6 Å². The number of carbonyl (C=O) groups excluding carboxylic acids is 1. The fourth-order valence-corrected chi connectivity index (χ4v) is 3.19. The van der Waals surface area contributed by atoms with Crippen LogP contribution in [0.15, 0.2) is 42.5 Å². The van der Waals surface area contributed by atoms with Gasteiger partial charge in [0, 0.05) is 0 Å². The van der Waals surface area contributed by atoms with Gasteiger partial charge in [-0.15, -0.1) is 0 Å². The first-order chi connectivity index (χ1) is 13.1. The van der Waals surface area contributed by atoms with E-state index in [1.807, 2.05) is 43.3 Å². The number of nitrogens with one attached hydrogen (secondary N) is 2. The minimum Gasteiger partial charge on any atom is -0.497 e. The molecule has 2 amide bonds. The SMILES string of the molecule is COc1ccc([C@H](NC(=O)NCCOc2ccc(C)cc2C)C2CC2)cc1. The minimum atomic E-state index is -0.160. The Morgan fingerprint density at radius 1 is 1.15 bits per heavy atom. The molecule has 2 aromatic rings. The molecule has 1 aliphatic carbocycles. The van der Waals surface area contributed by atoms with Crippen molar-refractivity contribution in [3.8, 4) is 11.5 Å². The lowest BCUT2D eigenvalue weighted by Gasteiger charge is -2.19. The second-order valence-electron chi connectivity index (χ2n) is 7.11. The monoisotopic (exact) mass is 368 g/mol. The Morgan fingerprint density at radius 3 is 2.52 bits per heavy atom. The van der Waals surface area contributed by atoms with Crippen molar-refractivity contribution in [1.82, 2.24) is 10.6 Å². The molecule has 5 nitrogen and oxygen atoms in total. The Hall–Kier alpha value is -2.69. The second kappa shape index (κ2) is 8.80. The van der Waals surface area contributed by atoms with Crippen molar-refractivity contribution in [2.45, 2.75) is 32.7 Å². The molecule has 3 rings (SSSR count). The molecule has 0 bridgehead atoms. The largest absolute Gasteiger partial charge is 0.497 e. The first-order valence-electron chi connectivity index (χ1n) is 9.45. The normalized spacial score (nSPS) is 14.3. The number of hydrogen-bond donors (Lipinski definition) is 2. The van der Waals surface area contributed by atoms with E-state index in [-0.39, 0.29) is 12.1 Å². The van der Waals surface area contributed by atoms with Crippen molar-refractivity contribution in [3.63, 3.8) is 0 Å². The van der Waals surface area contributed by atoms with E-state index in [0.29, 0.717) is 19.1 Å². The summed E-state index contributed by atoms with van der Waals surface area (Å²) in [7, 11) is 1.65. The highest BCUT2D eigenvalue weighted by Crippen LogP contribution is 2.41. The minimum absolute atomic E-state index is 0.0381. The van der Waals surface area contributed by atoms with E-state index >= 15 is 0 Å². The molecule has 1 saturated carbocycles. The Labute approximate surface area is 161 Å². The van der Waals surface area contributed by atoms with Gasteiger partial charge in [0.05, 0.1) is 19.7 Å². The van der Waals surface area contributed by atoms with Crippen LogP contribution in [0, 0.1) is 19.8 Å². The molecule has 144 valence electrons. The van der Waals surface area contributed by atoms with Crippen molar-refractivity contribution in [2.24, 2.45) is 5.92 Å². The third-order valence-electron chi connectivity index (χ3n) is 4.83. The van der Waals surface area contributed by atoms with Crippen LogP contribution < -0.4 is 20.1 Å². The van der Waals surface area contributed by atoms with Crippen LogP contribution in [-0.4, -0.2) is 26.3 Å². The van der Waals surface area contributed by atoms with Crippen LogP contribution in [0.1, 0.15) is 35.6 Å². The van der Waals surface area contributed by atoms with Gasteiger partial charge in [-0.05, 0) is 61.9 Å². The van der Waals surface area contributed by atoms with Gasteiger partial charge in [-0.3, -0.25) is 0 Å². The zero-order chi connectivity index (χ0) is 19.2. The number of amides is 2. The summed E-state index contributed by atoms with van der Waals surface area (Å²) in [6.07, 6.45) is 2.29. The average Bonchev–Trinajstić information content (AvgIpc) is 3.50. The summed E-state index contributed by atoms with van der Waals surface area (Å²) in [5.41, 5.74) is 3.43. The Morgan fingerprint density at radius 2 is 1.89 bits per heavy atom. The van der Waals surface area contributed by atoms with Crippen molar-refractivity contribution in [3.05, 3.63) is 59.2 Å². The van der Waals surface area contributed by atoms with E-state index in [1.165, 1.54) is 5.56 Å². The summed E-state index contributed by atoms with van der Waals surface area (Å²) < 4.78 is 11.0. The van der Waals surface area contributed by atoms with Crippen LogP contribution in [-0.2, 0) is 0 Å². The third-order valence-corrected chi connectivity index (χ3v) is 4.83. The average molecular weight is 368 g/mol. The standard InChI is InChI=1S/C22H28N2O3/c1-15-4-11-20(16(2)14-15)27-13-12-23-22(25)24-21(17-5-6-17)18-7-9-19(26-3)10-8-18/h4,7-11,14,17,21H,5-6,12-13H2,1-3H3,(H2,23,24,25)/t21-/m1/s1. The molecule has 0 spiro atoms. The number of aryl methyl sites for hydroxylation is 2. The Bertz CT molecular complexity index is 770. The van der Waals surface area contributed by atoms with E-state index in [4.69, 9.17) is 9.47 Å². The Balaban J connectivity index is 1.46. The summed E-state index contributed by atoms with van der Waals surface area (Å²) in [4.78, 5) is 12.3. The number of benzene rings is 2. The molecule has 2 aromatic carbocycles. The highest BCUT2D eigenvalue weighted by Gasteiger charge is 2.33. The molecule has 5 heteroatoms. The van der Waals surface area contributed by atoms with Crippen LogP contribution >= 0.6 is 0 Å². The summed E-state index contributed by atoms with van der Waals surface area (Å²) >= 11 is 0. The number of urea groups is 1. The van der Waals surface area contributed by atoms with Gasteiger partial charge in [-0.1, -0.05) is 29.8 Å². The molecule has 1 atom stereocenters. The van der Waals surface area contributed by atoms with Crippen LogP contribution in [0.2, 0.25) is 0 Å². The number of hydrogen-bond acceptors (Lipinski definition) is 3. The van der Waals surface area contributed by atoms with Crippen LogP contribution in [0.4, 0.5) is 4.79 Å². The lowest BCUT2D eigenvalue weighted by atomic mass is 10.0. The maximum Gasteiger partial charge on any atom is 0.315 e. The third kappa shape index (κ3) is 5.39. The lowest BCUT2D eigenvalue weighted by Crippen LogP contribution is -2.40. The first-order valence-corrected chi connectivity index (χ1v) is 9.45. The fourth-order valence-electron chi connectivity index (χ4n) is 3.19. The van der Waals surface area contributed by atoms with Crippen LogP contribution in [0.25, 0.3) is 0 Å². The van der Waals surface area contributed by atoms with E-state index in [9.17, 15) is 4.79 Å². The molecule has 0 aromatic heterocycles. The maximum absolute atomic E-state index is 12.3. The van der Waals surface area contributed by atoms with E-state index in [1.54, 1.807) is 7.11 Å². The van der Waals surface area contributed by atoms with Crippen LogP contribution in [0.3, 0.4) is 0 Å². The van der Waals surface area contributed by atoms with Crippen molar-refractivity contribution < 1.29 is 14.3 Å². The highest BCUT2D eigenvalue weighted by molar-refractivity contribution is 5.74. The highest BCUT2D eigenvalue weighted by atomic mass is 16.5. The van der Waals surface area contributed by atoms with E-state index < -0.39 is 0 Å². The Kier molecular flexibility index (Phi) is 6.22. The summed E-state index contributed by atoms with van der Waals surface area (Å²) in [6, 6.07) is 13.9. The van der Waals surface area contributed by atoms with E-state index in [2.05, 4.69) is 23.6 Å². The molecule has 1 fully saturated rings. The zero-order valence-corrected chi connectivity index (χ0v) is 16.2. The number of rotatable bonds is 8. The van der Waals surface area contributed by atoms with Gasteiger partial charge < -0.3 is 20.1 Å². The molecule has 0 radical (unpaired) electrons. The fraction of sp³-hybridized carbons (Fsp3) is 0.409. The van der Waals surface area contributed by atoms with Gasteiger partial charge in [0.15, 0.2) is 0 Å². The van der Waals surface area contributed by atoms with Crippen LogP contribution in [0.5, 0.6) is 11.5 Å². The predicted molar refractivity (Wildman–Crippen MR) is 106 cm³/mol. The van der Waals surface area contributed by atoms with Gasteiger partial charge in [0.25, 0.3) is 0 Å². The van der Waals surface area contributed by atoms with Crippen molar-refractivity contribution in [2.75, 3.05) is 20.3 Å². The zero-order valence-electron chi connectivity index (χ0n) is 16.2. The molecule has 0 aliphatic heterocycles. The van der Waals surface area contributed by atoms with Gasteiger partial charge in [0.1, 0.15) is 18.1 Å². The molecule has 1 aliphatic rings. The van der Waals surface area contributed by atoms with Crippen molar-refractivity contribution in [1.29, 1.82) is 0 Å². The molecule has 0 heterocycles. The number of methoxy groups -OCH3 is 1. The predicted octanol–water partition coefficient (Wildman–Crippen LogP) is 4.14. The molecule has 27 heavy (non-hydrogen) atoms. The van der Waals surface area contributed by atoms with Gasteiger partial charge in [-0.2, -0.15) is 0 Å². The van der Waals surface area contributed by atoms with Gasteiger partial charge in [-0.25, -0.2) is 4.79 Å². The van der Waals surface area contributed by atoms with Crippen molar-refractivity contribution >= 4 is 6.03 Å². The van der Waals surface area contributed by atoms with Gasteiger partial charge in [0.2, 0.25) is 0 Å². The maximum atomic E-state index is 12.3. The second-order valence-corrected chi connectivity index (χ2v) is 7.11. The van der Waals surface area contributed by atoms with E-state index in [0.717, 1.165) is 35.5 Å². The molecule has 0 unspecified atom stereocenters. The number of carbonyl (C=O) groups is 1. The summed E-state index contributed by atoms with van der Waals surface area (Å²) in [5.74, 6) is 2.19. The molecular weight excluding hydrogens is 340 g/mol. The number of ether oxygens (including phenoxy) is 2. The summed E-state index contributed by atoms with van der Waals surface area (Å²) in [6.45, 7) is 4.98. The molecular formula is C22H28N2O3. The summed E-state index contributed by atoms with van der Waals surface area (Å²) in [5, 5.41) is 5.99.